The van der Waals surface area contributed by atoms with Crippen molar-refractivity contribution in [2.75, 3.05) is 38.2 Å². The first-order valence-corrected chi connectivity index (χ1v) is 9.20. The molecule has 0 spiro atoms. The Morgan fingerprint density at radius 1 is 1.08 bits per heavy atom. The average Bonchev–Trinajstić information content (AvgIpc) is 2.69. The molecule has 138 valence electrons. The smallest absolute Gasteiger partial charge is 0.226 e. The van der Waals surface area contributed by atoms with Gasteiger partial charge >= 0.3 is 0 Å². The van der Waals surface area contributed by atoms with Gasteiger partial charge in [0, 0.05) is 37.8 Å². The lowest BCUT2D eigenvalue weighted by atomic mass is 10.0. The number of carbonyl (C=O) groups is 1. The predicted molar refractivity (Wildman–Crippen MR) is 104 cm³/mol. The number of benzene rings is 2. The minimum Gasteiger partial charge on any atom is -0.379 e. The maximum Gasteiger partial charge on any atom is 0.226 e. The lowest BCUT2D eigenvalue weighted by Crippen LogP contribution is -2.37. The van der Waals surface area contributed by atoms with Crippen LogP contribution in [-0.4, -0.2) is 43.7 Å². The van der Waals surface area contributed by atoms with Crippen LogP contribution < -0.4 is 11.1 Å². The van der Waals surface area contributed by atoms with Crippen molar-refractivity contribution in [2.45, 2.75) is 18.9 Å². The molecule has 2 aromatic rings. The van der Waals surface area contributed by atoms with Crippen molar-refractivity contribution in [3.8, 4) is 0 Å². The van der Waals surface area contributed by atoms with Crippen LogP contribution in [0, 0.1) is 0 Å². The Morgan fingerprint density at radius 2 is 1.77 bits per heavy atom. The summed E-state index contributed by atoms with van der Waals surface area (Å²) < 4.78 is 5.37. The quantitative estimate of drug-likeness (QED) is 0.803. The second-order valence-electron chi connectivity index (χ2n) is 6.67. The molecule has 1 unspecified atom stereocenters. The molecule has 0 saturated carbocycles. The molecule has 0 aromatic heterocycles. The van der Waals surface area contributed by atoms with Crippen LogP contribution in [0.15, 0.2) is 54.6 Å². The largest absolute Gasteiger partial charge is 0.379 e. The van der Waals surface area contributed by atoms with E-state index < -0.39 is 0 Å². The first-order chi connectivity index (χ1) is 12.7. The van der Waals surface area contributed by atoms with Gasteiger partial charge in [0.05, 0.1) is 13.2 Å². The van der Waals surface area contributed by atoms with Crippen LogP contribution in [0.2, 0.25) is 0 Å². The Labute approximate surface area is 155 Å². The molecule has 2 aromatic carbocycles. The monoisotopic (exact) mass is 353 g/mol. The van der Waals surface area contributed by atoms with Crippen LogP contribution in [0.25, 0.3) is 0 Å². The van der Waals surface area contributed by atoms with Gasteiger partial charge in [0.2, 0.25) is 5.91 Å². The molecule has 1 atom stereocenters. The average molecular weight is 353 g/mol. The number of hydrogen-bond donors (Lipinski definition) is 2. The van der Waals surface area contributed by atoms with E-state index in [2.05, 4.69) is 22.3 Å². The molecular weight excluding hydrogens is 326 g/mol. The number of nitrogens with zero attached hydrogens (tertiary/aromatic N) is 1. The van der Waals surface area contributed by atoms with Gasteiger partial charge in [0.1, 0.15) is 0 Å². The Hall–Kier alpha value is -2.21. The lowest BCUT2D eigenvalue weighted by Gasteiger charge is -2.26. The summed E-state index contributed by atoms with van der Waals surface area (Å²) in [5.41, 5.74) is 9.17. The van der Waals surface area contributed by atoms with Crippen LogP contribution >= 0.6 is 0 Å². The zero-order valence-electron chi connectivity index (χ0n) is 15.1. The number of ether oxygens (including phenoxy) is 1. The van der Waals surface area contributed by atoms with Crippen LogP contribution in [-0.2, 0) is 16.0 Å². The van der Waals surface area contributed by atoms with E-state index in [0.717, 1.165) is 50.5 Å². The molecule has 0 aliphatic carbocycles. The van der Waals surface area contributed by atoms with Gasteiger partial charge in [-0.1, -0.05) is 42.5 Å². The molecule has 5 nitrogen and oxygen atoms in total. The van der Waals surface area contributed by atoms with Crippen LogP contribution in [0.5, 0.6) is 0 Å². The highest BCUT2D eigenvalue weighted by Gasteiger charge is 2.12. The third kappa shape index (κ3) is 5.66. The number of amides is 1. The molecule has 1 aliphatic heterocycles. The fourth-order valence-corrected chi connectivity index (χ4v) is 3.10. The number of hydrogen-bond acceptors (Lipinski definition) is 4. The molecule has 3 rings (SSSR count). The summed E-state index contributed by atoms with van der Waals surface area (Å²) in [4.78, 5) is 14.6. The third-order valence-electron chi connectivity index (χ3n) is 4.69. The SMILES string of the molecule is NC(CC(=O)Nc1ccc(CCN2CCOCC2)cc1)c1ccccc1. The van der Waals surface area contributed by atoms with Crippen molar-refractivity contribution in [3.05, 3.63) is 65.7 Å². The van der Waals surface area contributed by atoms with Crippen molar-refractivity contribution in [3.63, 3.8) is 0 Å². The number of nitrogens with two attached hydrogens (primary N) is 1. The number of rotatable bonds is 7. The van der Waals surface area contributed by atoms with Gasteiger partial charge in [0.15, 0.2) is 0 Å². The minimum absolute atomic E-state index is 0.0672. The number of carbonyl (C=O) groups excluding carboxylic acids is 1. The standard InChI is InChI=1S/C21H27N3O2/c22-20(18-4-2-1-3-5-18)16-21(25)23-19-8-6-17(7-9-19)10-11-24-12-14-26-15-13-24/h1-9,20H,10-16,22H2,(H,23,25). The van der Waals surface area contributed by atoms with Gasteiger partial charge in [-0.2, -0.15) is 0 Å². The molecule has 3 N–H and O–H groups in total. The second-order valence-corrected chi connectivity index (χ2v) is 6.67. The molecule has 1 fully saturated rings. The van der Waals surface area contributed by atoms with Crippen LogP contribution in [0.3, 0.4) is 0 Å². The van der Waals surface area contributed by atoms with Gasteiger partial charge in [-0.15, -0.1) is 0 Å². The summed E-state index contributed by atoms with van der Waals surface area (Å²) in [7, 11) is 0. The minimum atomic E-state index is -0.288. The Balaban J connectivity index is 1.45. The van der Waals surface area contributed by atoms with E-state index in [9.17, 15) is 4.79 Å². The molecule has 0 bridgehead atoms. The third-order valence-corrected chi connectivity index (χ3v) is 4.69. The maximum absolute atomic E-state index is 12.2. The number of morpholine rings is 1. The van der Waals surface area contributed by atoms with E-state index in [0.29, 0.717) is 0 Å². The number of anilines is 1. The fraction of sp³-hybridized carbons (Fsp3) is 0.381. The van der Waals surface area contributed by atoms with E-state index in [1.54, 1.807) is 0 Å². The first-order valence-electron chi connectivity index (χ1n) is 9.20. The van der Waals surface area contributed by atoms with Crippen LogP contribution in [0.4, 0.5) is 5.69 Å². The molecule has 1 saturated heterocycles. The predicted octanol–water partition coefficient (Wildman–Crippen LogP) is 2.59. The van der Waals surface area contributed by atoms with Gasteiger partial charge in [-0.25, -0.2) is 0 Å². The lowest BCUT2D eigenvalue weighted by molar-refractivity contribution is -0.116. The van der Waals surface area contributed by atoms with Gasteiger partial charge in [-0.05, 0) is 29.7 Å². The van der Waals surface area contributed by atoms with Crippen molar-refractivity contribution in [2.24, 2.45) is 5.73 Å². The summed E-state index contributed by atoms with van der Waals surface area (Å²) in [6.07, 6.45) is 1.27. The molecule has 26 heavy (non-hydrogen) atoms. The molecule has 5 heteroatoms. The maximum atomic E-state index is 12.2. The molecule has 1 amide bonds. The van der Waals surface area contributed by atoms with E-state index in [1.807, 2.05) is 42.5 Å². The van der Waals surface area contributed by atoms with Gasteiger partial charge < -0.3 is 15.8 Å². The van der Waals surface area contributed by atoms with Crippen molar-refractivity contribution < 1.29 is 9.53 Å². The van der Waals surface area contributed by atoms with Crippen molar-refractivity contribution in [1.29, 1.82) is 0 Å². The fourth-order valence-electron chi connectivity index (χ4n) is 3.10. The zero-order valence-corrected chi connectivity index (χ0v) is 15.1. The Morgan fingerprint density at radius 3 is 2.46 bits per heavy atom. The summed E-state index contributed by atoms with van der Waals surface area (Å²) >= 11 is 0. The molecule has 1 heterocycles. The second kappa shape index (κ2) is 9.48. The van der Waals surface area contributed by atoms with E-state index in [-0.39, 0.29) is 18.4 Å². The molecule has 1 aliphatic rings. The highest BCUT2D eigenvalue weighted by Crippen LogP contribution is 2.16. The summed E-state index contributed by atoms with van der Waals surface area (Å²) in [6.45, 7) is 4.72. The van der Waals surface area contributed by atoms with Crippen molar-refractivity contribution in [1.82, 2.24) is 4.90 Å². The summed E-state index contributed by atoms with van der Waals surface area (Å²) in [5, 5.41) is 2.93. The Bertz CT molecular complexity index is 682. The van der Waals surface area contributed by atoms with E-state index in [1.165, 1.54) is 5.56 Å². The summed E-state index contributed by atoms with van der Waals surface area (Å²) in [5.74, 6) is -0.0672. The topological polar surface area (TPSA) is 67.6 Å². The number of nitrogens with one attached hydrogen (secondary N) is 1. The molecule has 0 radical (unpaired) electrons. The highest BCUT2D eigenvalue weighted by atomic mass is 16.5. The van der Waals surface area contributed by atoms with Crippen LogP contribution in [0.1, 0.15) is 23.6 Å². The van der Waals surface area contributed by atoms with Crippen molar-refractivity contribution >= 4 is 11.6 Å². The highest BCUT2D eigenvalue weighted by molar-refractivity contribution is 5.91. The molecular formula is C21H27N3O2. The van der Waals surface area contributed by atoms with E-state index in [4.69, 9.17) is 10.5 Å². The Kier molecular flexibility index (Phi) is 6.77. The normalized spacial score (nSPS) is 16.2. The van der Waals surface area contributed by atoms with Gasteiger partial charge in [0.25, 0.3) is 0 Å². The summed E-state index contributed by atoms with van der Waals surface area (Å²) in [6, 6.07) is 17.5. The first kappa shape index (κ1) is 18.6. The zero-order chi connectivity index (χ0) is 18.2. The van der Waals surface area contributed by atoms with E-state index >= 15 is 0 Å². The van der Waals surface area contributed by atoms with Gasteiger partial charge in [-0.3, -0.25) is 9.69 Å².